The Hall–Kier alpha value is -1.55. The second-order valence-corrected chi connectivity index (χ2v) is 4.99. The molecule has 1 unspecified atom stereocenters. The van der Waals surface area contributed by atoms with E-state index >= 15 is 0 Å². The lowest BCUT2D eigenvalue weighted by Crippen LogP contribution is -2.42. The van der Waals surface area contributed by atoms with Crippen molar-refractivity contribution in [1.82, 2.24) is 9.80 Å². The molecule has 0 saturated carbocycles. The smallest absolute Gasteiger partial charge is 0.410 e. The number of likely N-dealkylation sites (tertiary alicyclic amines) is 1. The van der Waals surface area contributed by atoms with Crippen LogP contribution in [-0.2, 0) is 0 Å². The Balaban J connectivity index is 1.85. The Morgan fingerprint density at radius 3 is 2.84 bits per heavy atom. The predicted octanol–water partition coefficient (Wildman–Crippen LogP) is 2.60. The summed E-state index contributed by atoms with van der Waals surface area (Å²) in [6, 6.07) is 9.67. The van der Waals surface area contributed by atoms with Gasteiger partial charge in [-0.2, -0.15) is 0 Å². The zero-order valence-corrected chi connectivity index (χ0v) is 11.7. The Kier molecular flexibility index (Phi) is 4.80. The average molecular weight is 262 g/mol. The van der Waals surface area contributed by atoms with Gasteiger partial charge in [-0.3, -0.25) is 4.90 Å². The topological polar surface area (TPSA) is 32.8 Å². The lowest BCUT2D eigenvalue weighted by atomic mass is 10.2. The van der Waals surface area contributed by atoms with E-state index in [4.69, 9.17) is 4.74 Å². The summed E-state index contributed by atoms with van der Waals surface area (Å²) in [6.45, 7) is 5.09. The van der Waals surface area contributed by atoms with E-state index < -0.39 is 0 Å². The van der Waals surface area contributed by atoms with Crippen molar-refractivity contribution in [2.75, 3.05) is 26.7 Å². The van der Waals surface area contributed by atoms with Crippen LogP contribution in [0.3, 0.4) is 0 Å². The van der Waals surface area contributed by atoms with Crippen LogP contribution in [0.2, 0.25) is 0 Å². The Labute approximate surface area is 115 Å². The summed E-state index contributed by atoms with van der Waals surface area (Å²) >= 11 is 0. The summed E-state index contributed by atoms with van der Waals surface area (Å²) in [7, 11) is 1.80. The summed E-state index contributed by atoms with van der Waals surface area (Å²) in [5.41, 5.74) is 0. The van der Waals surface area contributed by atoms with Crippen molar-refractivity contribution in [1.29, 1.82) is 0 Å². The van der Waals surface area contributed by atoms with Crippen molar-refractivity contribution in [2.45, 2.75) is 25.8 Å². The first-order valence-corrected chi connectivity index (χ1v) is 6.92. The Morgan fingerprint density at radius 2 is 2.16 bits per heavy atom. The van der Waals surface area contributed by atoms with E-state index in [0.717, 1.165) is 26.1 Å². The van der Waals surface area contributed by atoms with Gasteiger partial charge in [-0.05, 0) is 38.1 Å². The summed E-state index contributed by atoms with van der Waals surface area (Å²) in [5.74, 6) is 0.595. The standard InChI is InChI=1S/C15H22N2O2/c1-3-17-11-7-8-13(17)12-16(2)15(18)19-14-9-5-4-6-10-14/h4-6,9-10,13H,3,7-8,11-12H2,1-2H3. The predicted molar refractivity (Wildman–Crippen MR) is 75.4 cm³/mol. The fraction of sp³-hybridized carbons (Fsp3) is 0.533. The van der Waals surface area contributed by atoms with Gasteiger partial charge in [0.25, 0.3) is 0 Å². The van der Waals surface area contributed by atoms with Gasteiger partial charge in [0.2, 0.25) is 0 Å². The molecular weight excluding hydrogens is 240 g/mol. The molecule has 1 atom stereocenters. The third-order valence-electron chi connectivity index (χ3n) is 3.65. The molecule has 4 nitrogen and oxygen atoms in total. The maximum atomic E-state index is 12.0. The highest BCUT2D eigenvalue weighted by molar-refractivity contribution is 5.70. The summed E-state index contributed by atoms with van der Waals surface area (Å²) in [4.78, 5) is 16.1. The molecule has 1 amide bonds. The van der Waals surface area contributed by atoms with E-state index in [-0.39, 0.29) is 6.09 Å². The number of para-hydroxylation sites is 1. The lowest BCUT2D eigenvalue weighted by Gasteiger charge is -2.27. The number of amides is 1. The highest BCUT2D eigenvalue weighted by atomic mass is 16.6. The Morgan fingerprint density at radius 1 is 1.42 bits per heavy atom. The van der Waals surface area contributed by atoms with E-state index in [2.05, 4.69) is 11.8 Å². The first-order chi connectivity index (χ1) is 9.20. The van der Waals surface area contributed by atoms with Crippen LogP contribution in [0.25, 0.3) is 0 Å². The largest absolute Gasteiger partial charge is 0.415 e. The number of hydrogen-bond acceptors (Lipinski definition) is 3. The maximum absolute atomic E-state index is 12.0. The van der Waals surface area contributed by atoms with Crippen LogP contribution >= 0.6 is 0 Å². The number of rotatable bonds is 4. The summed E-state index contributed by atoms with van der Waals surface area (Å²) in [6.07, 6.45) is 2.10. The van der Waals surface area contributed by atoms with Crippen LogP contribution in [0.15, 0.2) is 30.3 Å². The SMILES string of the molecule is CCN1CCCC1CN(C)C(=O)Oc1ccccc1. The van der Waals surface area contributed by atoms with Crippen LogP contribution in [-0.4, -0.2) is 48.6 Å². The molecule has 1 aromatic rings. The van der Waals surface area contributed by atoms with Crippen LogP contribution in [0.5, 0.6) is 5.75 Å². The van der Waals surface area contributed by atoms with Gasteiger partial charge in [0, 0.05) is 19.6 Å². The summed E-state index contributed by atoms with van der Waals surface area (Å²) < 4.78 is 5.32. The number of carbonyl (C=O) groups excluding carboxylic acids is 1. The van der Waals surface area contributed by atoms with Crippen molar-refractivity contribution < 1.29 is 9.53 Å². The molecule has 2 rings (SSSR count). The number of carbonyl (C=O) groups is 1. The number of likely N-dealkylation sites (N-methyl/N-ethyl adjacent to an activating group) is 2. The third-order valence-corrected chi connectivity index (χ3v) is 3.65. The minimum absolute atomic E-state index is 0.283. The normalized spacial score (nSPS) is 19.4. The van der Waals surface area contributed by atoms with Gasteiger partial charge in [0.15, 0.2) is 0 Å². The first-order valence-electron chi connectivity index (χ1n) is 6.92. The monoisotopic (exact) mass is 262 g/mol. The highest BCUT2D eigenvalue weighted by Crippen LogP contribution is 2.18. The maximum Gasteiger partial charge on any atom is 0.415 e. The van der Waals surface area contributed by atoms with Gasteiger partial charge >= 0.3 is 6.09 Å². The van der Waals surface area contributed by atoms with Gasteiger partial charge < -0.3 is 9.64 Å². The summed E-state index contributed by atoms with van der Waals surface area (Å²) in [5, 5.41) is 0. The molecule has 0 aliphatic carbocycles. The molecule has 1 aliphatic heterocycles. The molecule has 0 radical (unpaired) electrons. The molecule has 104 valence electrons. The van der Waals surface area contributed by atoms with E-state index in [1.54, 1.807) is 24.1 Å². The molecule has 4 heteroatoms. The van der Waals surface area contributed by atoms with E-state index in [1.807, 2.05) is 18.2 Å². The van der Waals surface area contributed by atoms with Crippen molar-refractivity contribution >= 4 is 6.09 Å². The van der Waals surface area contributed by atoms with Gasteiger partial charge in [-0.1, -0.05) is 25.1 Å². The van der Waals surface area contributed by atoms with Crippen molar-refractivity contribution in [2.24, 2.45) is 0 Å². The molecule has 0 N–H and O–H groups in total. The van der Waals surface area contributed by atoms with Crippen LogP contribution in [0.1, 0.15) is 19.8 Å². The van der Waals surface area contributed by atoms with Gasteiger partial charge in [0.1, 0.15) is 5.75 Å². The molecule has 0 spiro atoms. The Bertz CT molecular complexity index is 408. The molecule has 0 aromatic heterocycles. The van der Waals surface area contributed by atoms with Gasteiger partial charge in [-0.15, -0.1) is 0 Å². The van der Waals surface area contributed by atoms with Gasteiger partial charge in [0.05, 0.1) is 0 Å². The van der Waals surface area contributed by atoms with Crippen LogP contribution < -0.4 is 4.74 Å². The van der Waals surface area contributed by atoms with E-state index in [0.29, 0.717) is 11.8 Å². The fourth-order valence-corrected chi connectivity index (χ4v) is 2.58. The minimum atomic E-state index is -0.283. The average Bonchev–Trinajstić information content (AvgIpc) is 2.87. The van der Waals surface area contributed by atoms with Crippen LogP contribution in [0.4, 0.5) is 4.79 Å². The number of benzene rings is 1. The van der Waals surface area contributed by atoms with E-state index in [9.17, 15) is 4.79 Å². The van der Waals surface area contributed by atoms with Gasteiger partial charge in [-0.25, -0.2) is 4.79 Å². The quantitative estimate of drug-likeness (QED) is 0.836. The highest BCUT2D eigenvalue weighted by Gasteiger charge is 2.26. The first kappa shape index (κ1) is 13.9. The van der Waals surface area contributed by atoms with Crippen LogP contribution in [0, 0.1) is 0 Å². The second kappa shape index (κ2) is 6.57. The molecule has 19 heavy (non-hydrogen) atoms. The molecule has 1 fully saturated rings. The van der Waals surface area contributed by atoms with Crippen molar-refractivity contribution in [3.8, 4) is 5.75 Å². The van der Waals surface area contributed by atoms with Crippen molar-refractivity contribution in [3.63, 3.8) is 0 Å². The molecule has 0 bridgehead atoms. The van der Waals surface area contributed by atoms with Crippen molar-refractivity contribution in [3.05, 3.63) is 30.3 Å². The zero-order chi connectivity index (χ0) is 13.7. The molecule has 1 aliphatic rings. The molecule has 1 saturated heterocycles. The van der Waals surface area contributed by atoms with E-state index in [1.165, 1.54) is 6.42 Å². The lowest BCUT2D eigenvalue weighted by molar-refractivity contribution is 0.145. The zero-order valence-electron chi connectivity index (χ0n) is 11.7. The molecular formula is C15H22N2O2. The molecule has 1 aromatic carbocycles. The minimum Gasteiger partial charge on any atom is -0.410 e. The number of nitrogens with zero attached hydrogens (tertiary/aromatic N) is 2. The number of ether oxygens (including phenoxy) is 1. The fourth-order valence-electron chi connectivity index (χ4n) is 2.58. The third kappa shape index (κ3) is 3.70. The molecule has 1 heterocycles. The second-order valence-electron chi connectivity index (χ2n) is 4.99. The number of hydrogen-bond donors (Lipinski definition) is 0.